The molecule has 6 heteroatoms. The fourth-order valence-corrected chi connectivity index (χ4v) is 2.15. The zero-order valence-electron chi connectivity index (χ0n) is 15.4. The van der Waals surface area contributed by atoms with E-state index in [1.165, 1.54) is 24.3 Å². The quantitative estimate of drug-likeness (QED) is 0.281. The average Bonchev–Trinajstić information content (AvgIpc) is 2.74. The normalized spacial score (nSPS) is 12.1. The fraction of sp³-hybridized carbons (Fsp3) is 0. The Morgan fingerprint density at radius 2 is 1.41 bits per heavy atom. The molecule has 0 aromatic heterocycles. The Morgan fingerprint density at radius 1 is 0.828 bits per heavy atom. The van der Waals surface area contributed by atoms with Crippen LogP contribution < -0.4 is 10.6 Å². The summed E-state index contributed by atoms with van der Waals surface area (Å²) in [7, 11) is 0. The molecule has 3 N–H and O–H groups in total. The maximum atomic E-state index is 12.1. The number of aliphatic hydroxyl groups is 1. The van der Waals surface area contributed by atoms with Gasteiger partial charge in [-0.1, -0.05) is 54.6 Å². The monoisotopic (exact) mass is 382 g/mol. The second-order valence-electron chi connectivity index (χ2n) is 5.62. The number of hydrogen-bond acceptors (Lipinski definition) is 5. The van der Waals surface area contributed by atoms with Crippen LogP contribution in [0.25, 0.3) is 0 Å². The molecule has 6 nitrogen and oxygen atoms in total. The molecule has 29 heavy (non-hydrogen) atoms. The highest BCUT2D eigenvalue weighted by molar-refractivity contribution is 6.06. The van der Waals surface area contributed by atoms with Gasteiger partial charge in [0.05, 0.1) is 0 Å². The molecule has 0 unspecified atom stereocenters. The molecule has 0 aliphatic rings. The number of carbonyl (C=O) groups is 1. The van der Waals surface area contributed by atoms with Crippen LogP contribution >= 0.6 is 0 Å². The van der Waals surface area contributed by atoms with E-state index in [1.807, 2.05) is 24.3 Å². The molecule has 142 valence electrons. The molecule has 0 saturated carbocycles. The Bertz CT molecular complexity index is 1040. The molecule has 0 saturated heterocycles. The van der Waals surface area contributed by atoms with Crippen molar-refractivity contribution >= 4 is 17.3 Å². The number of rotatable bonds is 7. The summed E-state index contributed by atoms with van der Waals surface area (Å²) in [6, 6.07) is 21.5. The number of para-hydroxylation sites is 2. The Balaban J connectivity index is 2.01. The minimum atomic E-state index is -0.519. The largest absolute Gasteiger partial charge is 0.494 e. The summed E-state index contributed by atoms with van der Waals surface area (Å²) < 4.78 is 0. The van der Waals surface area contributed by atoms with Gasteiger partial charge in [0.1, 0.15) is 23.3 Å². The number of amides is 1. The van der Waals surface area contributed by atoms with Crippen molar-refractivity contribution in [1.29, 1.82) is 10.5 Å². The second-order valence-corrected chi connectivity index (χ2v) is 5.62. The number of allylic oxidation sites excluding steroid dienone is 6. The van der Waals surface area contributed by atoms with Crippen LogP contribution in [0.2, 0.25) is 0 Å². The minimum absolute atomic E-state index is 0.0322. The van der Waals surface area contributed by atoms with Crippen LogP contribution in [0.1, 0.15) is 0 Å². The number of benzene rings is 2. The molecule has 0 fully saturated rings. The van der Waals surface area contributed by atoms with E-state index < -0.39 is 5.91 Å². The molecule has 2 rings (SSSR count). The molecule has 0 aliphatic heterocycles. The number of anilines is 2. The highest BCUT2D eigenvalue weighted by Gasteiger charge is 2.07. The third-order valence-electron chi connectivity index (χ3n) is 3.56. The van der Waals surface area contributed by atoms with Crippen LogP contribution in [0.4, 0.5) is 11.4 Å². The third-order valence-corrected chi connectivity index (χ3v) is 3.56. The molecule has 0 atom stereocenters. The molecule has 2 aromatic carbocycles. The number of nitriles is 2. The van der Waals surface area contributed by atoms with Gasteiger partial charge in [-0.3, -0.25) is 4.79 Å². The Morgan fingerprint density at radius 3 is 1.97 bits per heavy atom. The van der Waals surface area contributed by atoms with Crippen LogP contribution in [-0.2, 0) is 4.79 Å². The van der Waals surface area contributed by atoms with Crippen LogP contribution in [0.5, 0.6) is 0 Å². The summed E-state index contributed by atoms with van der Waals surface area (Å²) in [4.78, 5) is 12.1. The summed E-state index contributed by atoms with van der Waals surface area (Å²) in [5.74, 6) is -0.798. The fourth-order valence-electron chi connectivity index (χ4n) is 2.15. The third kappa shape index (κ3) is 6.93. The molecule has 0 spiro atoms. The van der Waals surface area contributed by atoms with E-state index in [0.717, 1.165) is 0 Å². The molecular weight excluding hydrogens is 364 g/mol. The van der Waals surface area contributed by atoms with Gasteiger partial charge in [-0.25, -0.2) is 0 Å². The van der Waals surface area contributed by atoms with Gasteiger partial charge in [0.15, 0.2) is 0 Å². The number of nitrogens with one attached hydrogen (secondary N) is 2. The van der Waals surface area contributed by atoms with Gasteiger partial charge in [-0.2, -0.15) is 10.5 Å². The molecule has 0 heterocycles. The first-order valence-electron chi connectivity index (χ1n) is 8.61. The van der Waals surface area contributed by atoms with Crippen LogP contribution in [0, 0.1) is 22.7 Å². The predicted octanol–water partition coefficient (Wildman–Crippen LogP) is 4.59. The van der Waals surface area contributed by atoms with Gasteiger partial charge >= 0.3 is 0 Å². The second kappa shape index (κ2) is 11.2. The number of hydrogen-bond donors (Lipinski definition) is 3. The summed E-state index contributed by atoms with van der Waals surface area (Å²) in [6.07, 6.45) is 7.32. The Hall–Kier alpha value is -4.55. The lowest BCUT2D eigenvalue weighted by atomic mass is 10.2. The van der Waals surface area contributed by atoms with Crippen molar-refractivity contribution in [3.8, 4) is 12.1 Å². The minimum Gasteiger partial charge on any atom is -0.494 e. The summed E-state index contributed by atoms with van der Waals surface area (Å²) >= 11 is 0. The predicted molar refractivity (Wildman–Crippen MR) is 112 cm³/mol. The Labute approximate surface area is 169 Å². The van der Waals surface area contributed by atoms with Gasteiger partial charge in [-0.15, -0.1) is 0 Å². The zero-order valence-corrected chi connectivity index (χ0v) is 15.4. The van der Waals surface area contributed by atoms with Crippen molar-refractivity contribution in [1.82, 2.24) is 0 Å². The van der Waals surface area contributed by atoms with Gasteiger partial charge in [0.25, 0.3) is 5.91 Å². The molecular formula is C23H18N4O2. The molecule has 1 amide bonds. The summed E-state index contributed by atoms with van der Waals surface area (Å²) in [5.41, 5.74) is 1.20. The van der Waals surface area contributed by atoms with E-state index in [9.17, 15) is 15.2 Å². The molecule has 0 aliphatic carbocycles. The first-order chi connectivity index (χ1) is 14.1. The Kier molecular flexibility index (Phi) is 8.03. The molecule has 2 aromatic rings. The highest BCUT2D eigenvalue weighted by Crippen LogP contribution is 2.11. The van der Waals surface area contributed by atoms with Crippen molar-refractivity contribution in [2.24, 2.45) is 0 Å². The standard InChI is InChI=1S/C23H18N4O2/c24-16-18(22(28)26-20-12-6-2-7-13-20)10-4-1-5-11-19(17-25)23(29)27-21-14-8-3-9-15-21/h1-15,26,28H,(H,27,29)/b5-1?,10-4?,19-11?,22-18+. The SMILES string of the molecule is N#CC(=CC=CC=C/C(C#N)=C(\O)Nc1ccccc1)C(=O)Nc1ccccc1. The number of carbonyl (C=O) groups excluding carboxylic acids is 1. The first kappa shape index (κ1) is 20.8. The maximum Gasteiger partial charge on any atom is 0.266 e. The highest BCUT2D eigenvalue weighted by atomic mass is 16.3. The topological polar surface area (TPSA) is 109 Å². The number of aliphatic hydroxyl groups excluding tert-OH is 1. The summed E-state index contributed by atoms with van der Waals surface area (Å²) in [5, 5.41) is 33.7. The van der Waals surface area contributed by atoms with Gasteiger partial charge in [0.2, 0.25) is 5.88 Å². The van der Waals surface area contributed by atoms with Crippen molar-refractivity contribution in [2.75, 3.05) is 10.6 Å². The smallest absolute Gasteiger partial charge is 0.266 e. The van der Waals surface area contributed by atoms with Crippen molar-refractivity contribution in [3.63, 3.8) is 0 Å². The van der Waals surface area contributed by atoms with Crippen LogP contribution in [0.3, 0.4) is 0 Å². The molecule has 0 bridgehead atoms. The molecule has 0 radical (unpaired) electrons. The van der Waals surface area contributed by atoms with E-state index in [1.54, 1.807) is 54.6 Å². The number of nitrogens with zero attached hydrogens (tertiary/aromatic N) is 2. The van der Waals surface area contributed by atoms with E-state index in [4.69, 9.17) is 5.26 Å². The van der Waals surface area contributed by atoms with E-state index in [0.29, 0.717) is 11.4 Å². The van der Waals surface area contributed by atoms with Crippen LogP contribution in [0.15, 0.2) is 108 Å². The van der Waals surface area contributed by atoms with Gasteiger partial charge < -0.3 is 15.7 Å². The lowest BCUT2D eigenvalue weighted by molar-refractivity contribution is -0.112. The van der Waals surface area contributed by atoms with Crippen molar-refractivity contribution < 1.29 is 9.90 Å². The summed E-state index contributed by atoms with van der Waals surface area (Å²) in [6.45, 7) is 0. The van der Waals surface area contributed by atoms with Gasteiger partial charge in [0, 0.05) is 11.4 Å². The zero-order chi connectivity index (χ0) is 20.9. The van der Waals surface area contributed by atoms with E-state index in [-0.39, 0.29) is 17.0 Å². The lowest BCUT2D eigenvalue weighted by Crippen LogP contribution is -2.13. The maximum absolute atomic E-state index is 12.1. The first-order valence-corrected chi connectivity index (χ1v) is 8.61. The lowest BCUT2D eigenvalue weighted by Gasteiger charge is -2.05. The van der Waals surface area contributed by atoms with E-state index >= 15 is 0 Å². The average molecular weight is 382 g/mol. The van der Waals surface area contributed by atoms with Gasteiger partial charge in [-0.05, 0) is 36.4 Å². The van der Waals surface area contributed by atoms with E-state index in [2.05, 4.69) is 10.6 Å². The van der Waals surface area contributed by atoms with Crippen molar-refractivity contribution in [3.05, 3.63) is 108 Å². The van der Waals surface area contributed by atoms with Crippen molar-refractivity contribution in [2.45, 2.75) is 0 Å². The van der Waals surface area contributed by atoms with Crippen LogP contribution in [-0.4, -0.2) is 11.0 Å².